The summed E-state index contributed by atoms with van der Waals surface area (Å²) >= 11 is 2.01. The van der Waals surface area contributed by atoms with Crippen LogP contribution in [0.25, 0.3) is 0 Å². The fourth-order valence-electron chi connectivity index (χ4n) is 2.44. The second-order valence-corrected chi connectivity index (χ2v) is 6.40. The Balaban J connectivity index is 1.80. The Kier molecular flexibility index (Phi) is 5.57. The van der Waals surface area contributed by atoms with Crippen LogP contribution in [0.5, 0.6) is 0 Å². The molecule has 2 atom stereocenters. The van der Waals surface area contributed by atoms with Crippen LogP contribution in [0.3, 0.4) is 0 Å². The molecule has 2 unspecified atom stereocenters. The number of ether oxygens (including phenoxy) is 1. The zero-order valence-electron chi connectivity index (χ0n) is 11.1. The summed E-state index contributed by atoms with van der Waals surface area (Å²) in [7, 11) is 0. The van der Waals surface area contributed by atoms with Crippen molar-refractivity contribution in [3.05, 3.63) is 12.2 Å². The highest BCUT2D eigenvalue weighted by Gasteiger charge is 2.20. The SMILES string of the molecule is CCN(CC1CCCS1)C(=O)/C=C/C1CCOC1. The van der Waals surface area contributed by atoms with E-state index in [0.29, 0.717) is 11.2 Å². The van der Waals surface area contributed by atoms with Crippen LogP contribution in [0.15, 0.2) is 12.2 Å². The first-order valence-electron chi connectivity index (χ1n) is 6.96. The minimum absolute atomic E-state index is 0.164. The number of amides is 1. The number of thioether (sulfide) groups is 1. The minimum Gasteiger partial charge on any atom is -0.381 e. The average Bonchev–Trinajstić information content (AvgIpc) is 3.06. The van der Waals surface area contributed by atoms with Crippen molar-refractivity contribution in [1.29, 1.82) is 0 Å². The summed E-state index contributed by atoms with van der Waals surface area (Å²) in [5.74, 6) is 1.86. The van der Waals surface area contributed by atoms with Crippen molar-refractivity contribution in [3.8, 4) is 0 Å². The highest BCUT2D eigenvalue weighted by Crippen LogP contribution is 2.26. The maximum absolute atomic E-state index is 12.1. The van der Waals surface area contributed by atoms with E-state index in [1.807, 2.05) is 22.7 Å². The van der Waals surface area contributed by atoms with Crippen LogP contribution in [0, 0.1) is 5.92 Å². The summed E-state index contributed by atoms with van der Waals surface area (Å²) in [5.41, 5.74) is 0. The van der Waals surface area contributed by atoms with E-state index >= 15 is 0 Å². The summed E-state index contributed by atoms with van der Waals surface area (Å²) < 4.78 is 5.30. The molecule has 0 N–H and O–H groups in total. The second kappa shape index (κ2) is 7.19. The molecule has 0 bridgehead atoms. The van der Waals surface area contributed by atoms with E-state index in [2.05, 4.69) is 6.92 Å². The van der Waals surface area contributed by atoms with Gasteiger partial charge < -0.3 is 9.64 Å². The monoisotopic (exact) mass is 269 g/mol. The zero-order chi connectivity index (χ0) is 12.8. The summed E-state index contributed by atoms with van der Waals surface area (Å²) in [4.78, 5) is 14.1. The van der Waals surface area contributed by atoms with Gasteiger partial charge in [0, 0.05) is 30.9 Å². The highest BCUT2D eigenvalue weighted by molar-refractivity contribution is 8.00. The van der Waals surface area contributed by atoms with Crippen molar-refractivity contribution < 1.29 is 9.53 Å². The molecule has 2 heterocycles. The Labute approximate surface area is 114 Å². The smallest absolute Gasteiger partial charge is 0.246 e. The number of rotatable bonds is 5. The lowest BCUT2D eigenvalue weighted by Gasteiger charge is -2.22. The summed E-state index contributed by atoms with van der Waals surface area (Å²) in [6.45, 7) is 5.38. The predicted octanol–water partition coefficient (Wildman–Crippen LogP) is 2.32. The second-order valence-electron chi connectivity index (χ2n) is 4.99. The van der Waals surface area contributed by atoms with E-state index in [1.54, 1.807) is 6.08 Å². The molecule has 2 rings (SSSR count). The Morgan fingerprint density at radius 2 is 2.39 bits per heavy atom. The van der Waals surface area contributed by atoms with Gasteiger partial charge in [0.2, 0.25) is 5.91 Å². The number of hydrogen-bond donors (Lipinski definition) is 0. The normalized spacial score (nSPS) is 28.1. The van der Waals surface area contributed by atoms with E-state index < -0.39 is 0 Å². The van der Waals surface area contributed by atoms with Crippen LogP contribution in [-0.4, -0.2) is 48.1 Å². The number of likely N-dealkylation sites (N-methyl/N-ethyl adjacent to an activating group) is 1. The van der Waals surface area contributed by atoms with Crippen molar-refractivity contribution in [3.63, 3.8) is 0 Å². The van der Waals surface area contributed by atoms with Crippen molar-refractivity contribution in [2.45, 2.75) is 31.4 Å². The lowest BCUT2D eigenvalue weighted by molar-refractivity contribution is -0.125. The van der Waals surface area contributed by atoms with Crippen molar-refractivity contribution in [2.24, 2.45) is 5.92 Å². The molecule has 1 amide bonds. The number of carbonyl (C=O) groups excluding carboxylic acids is 1. The molecule has 2 fully saturated rings. The van der Waals surface area contributed by atoms with Gasteiger partial charge in [0.1, 0.15) is 0 Å². The van der Waals surface area contributed by atoms with Gasteiger partial charge in [-0.05, 0) is 38.0 Å². The Morgan fingerprint density at radius 1 is 1.50 bits per heavy atom. The van der Waals surface area contributed by atoms with E-state index in [-0.39, 0.29) is 5.91 Å². The van der Waals surface area contributed by atoms with Crippen LogP contribution in [0.2, 0.25) is 0 Å². The molecule has 0 radical (unpaired) electrons. The fraction of sp³-hybridized carbons (Fsp3) is 0.786. The molecule has 2 aliphatic rings. The first-order valence-corrected chi connectivity index (χ1v) is 8.01. The van der Waals surface area contributed by atoms with Gasteiger partial charge in [-0.2, -0.15) is 11.8 Å². The van der Waals surface area contributed by atoms with Gasteiger partial charge in [-0.1, -0.05) is 6.08 Å². The lowest BCUT2D eigenvalue weighted by atomic mass is 10.1. The number of carbonyl (C=O) groups is 1. The van der Waals surface area contributed by atoms with Gasteiger partial charge >= 0.3 is 0 Å². The zero-order valence-corrected chi connectivity index (χ0v) is 12.0. The van der Waals surface area contributed by atoms with Gasteiger partial charge in [-0.25, -0.2) is 0 Å². The molecular formula is C14H23NO2S. The van der Waals surface area contributed by atoms with Crippen LogP contribution >= 0.6 is 11.8 Å². The molecule has 2 saturated heterocycles. The molecule has 0 aromatic carbocycles. The third-order valence-corrected chi connectivity index (χ3v) is 5.00. The molecule has 0 spiro atoms. The highest BCUT2D eigenvalue weighted by atomic mass is 32.2. The minimum atomic E-state index is 0.164. The summed E-state index contributed by atoms with van der Waals surface area (Å²) in [6.07, 6.45) is 7.39. The molecule has 18 heavy (non-hydrogen) atoms. The third kappa shape index (κ3) is 4.02. The van der Waals surface area contributed by atoms with E-state index in [9.17, 15) is 4.79 Å². The molecule has 0 saturated carbocycles. The van der Waals surface area contributed by atoms with Gasteiger partial charge in [-0.15, -0.1) is 0 Å². The van der Waals surface area contributed by atoms with E-state index in [1.165, 1.54) is 18.6 Å². The Hall–Kier alpha value is -0.480. The Bertz CT molecular complexity index is 294. The largest absolute Gasteiger partial charge is 0.381 e. The molecule has 102 valence electrons. The maximum atomic E-state index is 12.1. The van der Waals surface area contributed by atoms with Crippen molar-refractivity contribution in [1.82, 2.24) is 4.90 Å². The van der Waals surface area contributed by atoms with Crippen LogP contribution in [0.1, 0.15) is 26.2 Å². The molecule has 0 aliphatic carbocycles. The van der Waals surface area contributed by atoms with Gasteiger partial charge in [-0.3, -0.25) is 4.79 Å². The van der Waals surface area contributed by atoms with Crippen molar-refractivity contribution >= 4 is 17.7 Å². The van der Waals surface area contributed by atoms with Crippen molar-refractivity contribution in [2.75, 3.05) is 32.1 Å². The van der Waals surface area contributed by atoms with Gasteiger partial charge in [0.25, 0.3) is 0 Å². The molecule has 4 heteroatoms. The van der Waals surface area contributed by atoms with Crippen LogP contribution in [-0.2, 0) is 9.53 Å². The molecular weight excluding hydrogens is 246 g/mol. The standard InChI is InChI=1S/C14H23NO2S/c1-2-15(10-13-4-3-9-18-13)14(16)6-5-12-7-8-17-11-12/h5-6,12-13H,2-4,7-11H2,1H3/b6-5+. The van der Waals surface area contributed by atoms with Crippen LogP contribution < -0.4 is 0 Å². The molecule has 3 nitrogen and oxygen atoms in total. The summed E-state index contributed by atoms with van der Waals surface area (Å²) in [6, 6.07) is 0. The Morgan fingerprint density at radius 3 is 3.00 bits per heavy atom. The topological polar surface area (TPSA) is 29.5 Å². The number of nitrogens with zero attached hydrogens (tertiary/aromatic N) is 1. The maximum Gasteiger partial charge on any atom is 0.246 e. The van der Waals surface area contributed by atoms with Gasteiger partial charge in [0.05, 0.1) is 6.61 Å². The molecule has 2 aliphatic heterocycles. The van der Waals surface area contributed by atoms with Gasteiger partial charge in [0.15, 0.2) is 0 Å². The average molecular weight is 269 g/mol. The quantitative estimate of drug-likeness (QED) is 0.717. The van der Waals surface area contributed by atoms with E-state index in [0.717, 1.165) is 32.7 Å². The van der Waals surface area contributed by atoms with Crippen LogP contribution in [0.4, 0.5) is 0 Å². The third-order valence-electron chi connectivity index (χ3n) is 3.62. The van der Waals surface area contributed by atoms with E-state index in [4.69, 9.17) is 4.74 Å². The summed E-state index contributed by atoms with van der Waals surface area (Å²) in [5, 5.41) is 0.650. The molecule has 0 aromatic rings. The fourth-order valence-corrected chi connectivity index (χ4v) is 3.72. The first-order chi connectivity index (χ1) is 8.79. The lowest BCUT2D eigenvalue weighted by Crippen LogP contribution is -2.34. The number of hydrogen-bond acceptors (Lipinski definition) is 3. The first kappa shape index (κ1) is 13.9. The molecule has 0 aromatic heterocycles. The predicted molar refractivity (Wildman–Crippen MR) is 75.8 cm³/mol.